The lowest BCUT2D eigenvalue weighted by Crippen LogP contribution is -2.42. The molecule has 0 radical (unpaired) electrons. The summed E-state index contributed by atoms with van der Waals surface area (Å²) in [5.41, 5.74) is 3.23. The molecule has 0 aromatic carbocycles. The quantitative estimate of drug-likeness (QED) is 0.823. The normalized spacial score (nSPS) is 15.1. The van der Waals surface area contributed by atoms with Gasteiger partial charge in [-0.2, -0.15) is 5.10 Å². The number of hydrogen-bond acceptors (Lipinski definition) is 4. The topological polar surface area (TPSA) is 80.9 Å². The van der Waals surface area contributed by atoms with Gasteiger partial charge in [-0.05, 0) is 40.0 Å². The first-order valence-corrected chi connectivity index (χ1v) is 9.36. The van der Waals surface area contributed by atoms with Crippen LogP contribution in [0.2, 0.25) is 0 Å². The first-order valence-electron chi connectivity index (χ1n) is 9.36. The number of hydrogen-bond donors (Lipinski definition) is 1. The van der Waals surface area contributed by atoms with Gasteiger partial charge >= 0.3 is 6.03 Å². The molecule has 2 aromatic heterocycles. The molecular formula is C18H29N7O. The molecule has 1 saturated carbocycles. The Kier molecular flexibility index (Phi) is 5.29. The number of carbonyl (C=O) groups excluding carboxylic acids is 1. The van der Waals surface area contributed by atoms with Gasteiger partial charge in [0.05, 0.1) is 18.3 Å². The Labute approximate surface area is 154 Å². The third-order valence-electron chi connectivity index (χ3n) is 5.07. The van der Waals surface area contributed by atoms with Gasteiger partial charge in [-0.15, -0.1) is 10.2 Å². The molecule has 8 heteroatoms. The summed E-state index contributed by atoms with van der Waals surface area (Å²) in [6.07, 6.45) is 4.85. The van der Waals surface area contributed by atoms with Gasteiger partial charge in [0.15, 0.2) is 5.82 Å². The van der Waals surface area contributed by atoms with Crippen molar-refractivity contribution in [2.24, 2.45) is 7.05 Å². The maximum Gasteiger partial charge on any atom is 0.318 e. The number of urea groups is 1. The van der Waals surface area contributed by atoms with Crippen molar-refractivity contribution in [3.63, 3.8) is 0 Å². The highest BCUT2D eigenvalue weighted by molar-refractivity contribution is 5.75. The maximum atomic E-state index is 13.0. The molecule has 0 saturated heterocycles. The molecule has 2 heterocycles. The molecule has 3 rings (SSSR count). The molecule has 1 N–H and O–H groups in total. The van der Waals surface area contributed by atoms with Gasteiger partial charge in [0.25, 0.3) is 0 Å². The molecule has 1 atom stereocenters. The fraction of sp³-hybridized carbons (Fsp3) is 0.667. The lowest BCUT2D eigenvalue weighted by atomic mass is 10.2. The SMILES string of the molecule is CCCn1cnnc1[C@@H](C)NC(=O)N(Cc1c(C)nn(C)c1C)C1CC1. The number of carbonyl (C=O) groups is 1. The van der Waals surface area contributed by atoms with Crippen molar-refractivity contribution >= 4 is 6.03 Å². The molecule has 1 aliphatic carbocycles. The Hall–Kier alpha value is -2.38. The Balaban J connectivity index is 1.72. The van der Waals surface area contributed by atoms with E-state index in [1.807, 2.05) is 42.0 Å². The summed E-state index contributed by atoms with van der Waals surface area (Å²) in [7, 11) is 1.94. The van der Waals surface area contributed by atoms with Crippen molar-refractivity contribution < 1.29 is 4.79 Å². The van der Waals surface area contributed by atoms with Crippen molar-refractivity contribution in [3.05, 3.63) is 29.1 Å². The smallest absolute Gasteiger partial charge is 0.318 e. The second-order valence-electron chi connectivity index (χ2n) is 7.19. The van der Waals surface area contributed by atoms with Crippen molar-refractivity contribution in [1.29, 1.82) is 0 Å². The Morgan fingerprint density at radius 1 is 1.42 bits per heavy atom. The second-order valence-corrected chi connectivity index (χ2v) is 7.19. The van der Waals surface area contributed by atoms with Gasteiger partial charge in [0.1, 0.15) is 6.33 Å². The Morgan fingerprint density at radius 2 is 2.15 bits per heavy atom. The molecule has 26 heavy (non-hydrogen) atoms. The zero-order chi connectivity index (χ0) is 18.8. The third-order valence-corrected chi connectivity index (χ3v) is 5.07. The van der Waals surface area contributed by atoms with E-state index in [9.17, 15) is 4.79 Å². The number of nitrogens with zero attached hydrogens (tertiary/aromatic N) is 6. The average Bonchev–Trinajstić information content (AvgIpc) is 3.27. The summed E-state index contributed by atoms with van der Waals surface area (Å²) < 4.78 is 3.88. The van der Waals surface area contributed by atoms with E-state index >= 15 is 0 Å². The highest BCUT2D eigenvalue weighted by atomic mass is 16.2. The summed E-state index contributed by atoms with van der Waals surface area (Å²) in [6.45, 7) is 9.56. The summed E-state index contributed by atoms with van der Waals surface area (Å²) in [4.78, 5) is 14.9. The molecular weight excluding hydrogens is 330 g/mol. The zero-order valence-corrected chi connectivity index (χ0v) is 16.4. The molecule has 0 bridgehead atoms. The predicted octanol–water partition coefficient (Wildman–Crippen LogP) is 2.47. The van der Waals surface area contributed by atoms with E-state index in [1.54, 1.807) is 6.33 Å². The molecule has 0 unspecified atom stereocenters. The molecule has 0 aliphatic heterocycles. The molecule has 1 aliphatic rings. The molecule has 2 aromatic rings. The monoisotopic (exact) mass is 359 g/mol. The minimum absolute atomic E-state index is 0.0475. The Morgan fingerprint density at radius 3 is 2.73 bits per heavy atom. The van der Waals surface area contributed by atoms with E-state index < -0.39 is 0 Å². The van der Waals surface area contributed by atoms with E-state index in [2.05, 4.69) is 27.5 Å². The van der Waals surface area contributed by atoms with Crippen LogP contribution in [-0.4, -0.2) is 41.5 Å². The van der Waals surface area contributed by atoms with Crippen molar-refractivity contribution in [2.75, 3.05) is 0 Å². The van der Waals surface area contributed by atoms with Crippen LogP contribution in [0.4, 0.5) is 4.79 Å². The lowest BCUT2D eigenvalue weighted by Gasteiger charge is -2.25. The van der Waals surface area contributed by atoms with Gasteiger partial charge in [-0.3, -0.25) is 4.68 Å². The van der Waals surface area contributed by atoms with Gasteiger partial charge in [-0.25, -0.2) is 4.79 Å². The first kappa shape index (κ1) is 18.4. The van der Waals surface area contributed by atoms with Crippen molar-refractivity contribution in [3.8, 4) is 0 Å². The zero-order valence-electron chi connectivity index (χ0n) is 16.4. The van der Waals surface area contributed by atoms with E-state index in [-0.39, 0.29) is 12.1 Å². The van der Waals surface area contributed by atoms with E-state index in [1.165, 1.54) is 0 Å². The minimum Gasteiger partial charge on any atom is -0.328 e. The standard InChI is InChI=1S/C18H29N7O/c1-6-9-24-11-19-21-17(24)13(3)20-18(26)25(15-7-8-15)10-16-12(2)22-23(5)14(16)4/h11,13,15H,6-10H2,1-5H3,(H,20,26)/t13-/m1/s1. The third kappa shape index (κ3) is 3.73. The van der Waals surface area contributed by atoms with E-state index in [0.717, 1.165) is 48.6 Å². The van der Waals surface area contributed by atoms with Crippen LogP contribution in [0.5, 0.6) is 0 Å². The molecule has 2 amide bonds. The number of nitrogens with one attached hydrogen (secondary N) is 1. The number of amides is 2. The van der Waals surface area contributed by atoms with Crippen LogP contribution in [0.1, 0.15) is 61.9 Å². The van der Waals surface area contributed by atoms with Crippen LogP contribution in [0.3, 0.4) is 0 Å². The van der Waals surface area contributed by atoms with Gasteiger partial charge in [0.2, 0.25) is 0 Å². The fourth-order valence-electron chi connectivity index (χ4n) is 3.31. The average molecular weight is 359 g/mol. The lowest BCUT2D eigenvalue weighted by molar-refractivity contribution is 0.187. The number of aryl methyl sites for hydroxylation is 3. The highest BCUT2D eigenvalue weighted by Gasteiger charge is 2.34. The van der Waals surface area contributed by atoms with Crippen LogP contribution in [0.15, 0.2) is 6.33 Å². The Bertz CT molecular complexity index is 775. The van der Waals surface area contributed by atoms with Gasteiger partial charge in [-0.1, -0.05) is 6.92 Å². The van der Waals surface area contributed by atoms with Crippen LogP contribution >= 0.6 is 0 Å². The summed E-state index contributed by atoms with van der Waals surface area (Å²) >= 11 is 0. The predicted molar refractivity (Wildman–Crippen MR) is 98.5 cm³/mol. The molecule has 8 nitrogen and oxygen atoms in total. The van der Waals surface area contributed by atoms with Gasteiger partial charge in [0, 0.05) is 30.9 Å². The molecule has 0 spiro atoms. The van der Waals surface area contributed by atoms with Crippen molar-refractivity contribution in [2.45, 2.75) is 72.1 Å². The van der Waals surface area contributed by atoms with Crippen molar-refractivity contribution in [1.82, 2.24) is 34.8 Å². The van der Waals surface area contributed by atoms with Crippen LogP contribution < -0.4 is 5.32 Å². The first-order chi connectivity index (χ1) is 12.4. The molecule has 1 fully saturated rings. The summed E-state index contributed by atoms with van der Waals surface area (Å²) in [5.74, 6) is 0.796. The fourth-order valence-corrected chi connectivity index (χ4v) is 3.31. The maximum absolute atomic E-state index is 13.0. The summed E-state index contributed by atoms with van der Waals surface area (Å²) in [6, 6.07) is 0.0808. The summed E-state index contributed by atoms with van der Waals surface area (Å²) in [5, 5.41) is 15.8. The number of rotatable bonds is 7. The van der Waals surface area contributed by atoms with Crippen LogP contribution in [0.25, 0.3) is 0 Å². The van der Waals surface area contributed by atoms with E-state index in [4.69, 9.17) is 0 Å². The number of aromatic nitrogens is 5. The largest absolute Gasteiger partial charge is 0.328 e. The molecule has 142 valence electrons. The second kappa shape index (κ2) is 7.47. The van der Waals surface area contributed by atoms with Crippen LogP contribution in [-0.2, 0) is 20.1 Å². The minimum atomic E-state index is -0.186. The van der Waals surface area contributed by atoms with E-state index in [0.29, 0.717) is 12.6 Å². The van der Waals surface area contributed by atoms with Gasteiger partial charge < -0.3 is 14.8 Å². The highest BCUT2D eigenvalue weighted by Crippen LogP contribution is 2.30. The van der Waals surface area contributed by atoms with Crippen LogP contribution in [0, 0.1) is 13.8 Å².